The number of likely N-dealkylation sites (tertiary alicyclic amines) is 1. The fourth-order valence-corrected chi connectivity index (χ4v) is 2.69. The third-order valence-electron chi connectivity index (χ3n) is 4.14. The van der Waals surface area contributed by atoms with E-state index in [9.17, 15) is 0 Å². The van der Waals surface area contributed by atoms with Crippen molar-refractivity contribution in [3.8, 4) is 5.75 Å². The minimum atomic E-state index is -1.42. The standard InChI is InChI=1S/C15H25BN2O3/c1-17(2)14-7-9-18(10-8-14)11-12-21-15-5-3-13(4-6-15)16(19)20/h3-6,14,19-20H,7-12H2,1-2H3. The quantitative estimate of drug-likeness (QED) is 0.710. The highest BCUT2D eigenvalue weighted by Gasteiger charge is 2.20. The molecule has 0 unspecified atom stereocenters. The van der Waals surface area contributed by atoms with Gasteiger partial charge in [0.25, 0.3) is 0 Å². The lowest BCUT2D eigenvalue weighted by Gasteiger charge is -2.35. The molecule has 0 saturated carbocycles. The Morgan fingerprint density at radius 2 is 1.81 bits per heavy atom. The number of rotatable bonds is 6. The normalized spacial score (nSPS) is 17.2. The molecule has 2 N–H and O–H groups in total. The van der Waals surface area contributed by atoms with Crippen molar-refractivity contribution in [1.82, 2.24) is 9.80 Å². The van der Waals surface area contributed by atoms with Gasteiger partial charge >= 0.3 is 7.12 Å². The van der Waals surface area contributed by atoms with Crippen molar-refractivity contribution >= 4 is 12.6 Å². The molecule has 0 aliphatic carbocycles. The van der Waals surface area contributed by atoms with Crippen LogP contribution in [0.4, 0.5) is 0 Å². The minimum Gasteiger partial charge on any atom is -0.492 e. The molecule has 6 heteroatoms. The van der Waals surface area contributed by atoms with Gasteiger partial charge in [-0.1, -0.05) is 12.1 Å². The predicted molar refractivity (Wildman–Crippen MR) is 84.9 cm³/mol. The van der Waals surface area contributed by atoms with E-state index in [1.165, 1.54) is 12.8 Å². The van der Waals surface area contributed by atoms with Crippen LogP contribution in [0.25, 0.3) is 0 Å². The second-order valence-electron chi connectivity index (χ2n) is 5.83. The molecule has 1 saturated heterocycles. The number of benzene rings is 1. The lowest BCUT2D eigenvalue weighted by molar-refractivity contribution is 0.128. The Hall–Kier alpha value is -1.08. The number of ether oxygens (including phenoxy) is 1. The van der Waals surface area contributed by atoms with E-state index in [0.717, 1.165) is 25.4 Å². The third-order valence-corrected chi connectivity index (χ3v) is 4.14. The Morgan fingerprint density at radius 1 is 1.19 bits per heavy atom. The van der Waals surface area contributed by atoms with Gasteiger partial charge in [-0.3, -0.25) is 4.90 Å². The molecule has 1 fully saturated rings. The largest absolute Gasteiger partial charge is 0.492 e. The van der Waals surface area contributed by atoms with Crippen molar-refractivity contribution in [2.24, 2.45) is 0 Å². The summed E-state index contributed by atoms with van der Waals surface area (Å²) in [5.41, 5.74) is 0.480. The molecular formula is C15H25BN2O3. The molecule has 2 rings (SSSR count). The number of piperidine rings is 1. The maximum atomic E-state index is 9.03. The first-order valence-electron chi connectivity index (χ1n) is 7.54. The van der Waals surface area contributed by atoms with Crippen LogP contribution < -0.4 is 10.2 Å². The van der Waals surface area contributed by atoms with Crippen LogP contribution in [0.1, 0.15) is 12.8 Å². The Labute approximate surface area is 127 Å². The highest BCUT2D eigenvalue weighted by atomic mass is 16.5. The van der Waals surface area contributed by atoms with Gasteiger partial charge in [-0.15, -0.1) is 0 Å². The first kappa shape index (κ1) is 16.3. The molecule has 116 valence electrons. The molecule has 1 aliphatic heterocycles. The van der Waals surface area contributed by atoms with Gasteiger partial charge in [0.2, 0.25) is 0 Å². The second kappa shape index (κ2) is 7.80. The Kier molecular flexibility index (Phi) is 6.05. The van der Waals surface area contributed by atoms with Crippen LogP contribution in [-0.4, -0.2) is 73.3 Å². The van der Waals surface area contributed by atoms with Gasteiger partial charge in [-0.2, -0.15) is 0 Å². The van der Waals surface area contributed by atoms with Crippen molar-refractivity contribution in [2.75, 3.05) is 40.3 Å². The van der Waals surface area contributed by atoms with Crippen molar-refractivity contribution < 1.29 is 14.8 Å². The van der Waals surface area contributed by atoms with Crippen molar-refractivity contribution in [3.05, 3.63) is 24.3 Å². The van der Waals surface area contributed by atoms with Crippen LogP contribution >= 0.6 is 0 Å². The summed E-state index contributed by atoms with van der Waals surface area (Å²) in [5, 5.41) is 18.1. The lowest BCUT2D eigenvalue weighted by Crippen LogP contribution is -2.43. The average Bonchev–Trinajstić information content (AvgIpc) is 2.48. The van der Waals surface area contributed by atoms with Gasteiger partial charge in [0.1, 0.15) is 12.4 Å². The summed E-state index contributed by atoms with van der Waals surface area (Å²) < 4.78 is 5.70. The van der Waals surface area contributed by atoms with E-state index in [2.05, 4.69) is 23.9 Å². The number of hydrogen-bond acceptors (Lipinski definition) is 5. The van der Waals surface area contributed by atoms with Gasteiger partial charge in [0.15, 0.2) is 0 Å². The summed E-state index contributed by atoms with van der Waals surface area (Å²) in [4.78, 5) is 4.75. The molecule has 0 aromatic heterocycles. The highest BCUT2D eigenvalue weighted by molar-refractivity contribution is 6.58. The van der Waals surface area contributed by atoms with Crippen LogP contribution in [0.3, 0.4) is 0 Å². The summed E-state index contributed by atoms with van der Waals surface area (Å²) in [7, 11) is 2.88. The van der Waals surface area contributed by atoms with Gasteiger partial charge in [-0.25, -0.2) is 0 Å². The molecule has 0 bridgehead atoms. The van der Waals surface area contributed by atoms with E-state index in [1.54, 1.807) is 24.3 Å². The lowest BCUT2D eigenvalue weighted by atomic mass is 9.80. The first-order valence-corrected chi connectivity index (χ1v) is 7.54. The zero-order chi connectivity index (χ0) is 15.2. The molecule has 1 aromatic rings. The topological polar surface area (TPSA) is 56.2 Å². The number of nitrogens with zero attached hydrogens (tertiary/aromatic N) is 2. The SMILES string of the molecule is CN(C)C1CCN(CCOc2ccc(B(O)O)cc2)CC1. The molecular weight excluding hydrogens is 267 g/mol. The third kappa shape index (κ3) is 5.00. The summed E-state index contributed by atoms with van der Waals surface area (Å²) >= 11 is 0. The Morgan fingerprint density at radius 3 is 2.33 bits per heavy atom. The van der Waals surface area contributed by atoms with E-state index in [-0.39, 0.29) is 0 Å². The minimum absolute atomic E-state index is 0.480. The van der Waals surface area contributed by atoms with Crippen molar-refractivity contribution in [3.63, 3.8) is 0 Å². The predicted octanol–water partition coefficient (Wildman–Crippen LogP) is -0.229. The van der Waals surface area contributed by atoms with Crippen molar-refractivity contribution in [2.45, 2.75) is 18.9 Å². The van der Waals surface area contributed by atoms with Crippen LogP contribution in [0.15, 0.2) is 24.3 Å². The van der Waals surface area contributed by atoms with Gasteiger partial charge in [-0.05, 0) is 57.6 Å². The Balaban J connectivity index is 1.68. The van der Waals surface area contributed by atoms with Gasteiger partial charge in [0, 0.05) is 12.6 Å². The monoisotopic (exact) mass is 292 g/mol. The average molecular weight is 292 g/mol. The summed E-state index contributed by atoms with van der Waals surface area (Å²) in [6, 6.07) is 7.59. The van der Waals surface area contributed by atoms with Crippen LogP contribution in [-0.2, 0) is 0 Å². The first-order chi connectivity index (χ1) is 10.1. The molecule has 0 amide bonds. The van der Waals surface area contributed by atoms with E-state index >= 15 is 0 Å². The Bertz CT molecular complexity index is 417. The van der Waals surface area contributed by atoms with Gasteiger partial charge < -0.3 is 19.7 Å². The summed E-state index contributed by atoms with van der Waals surface area (Å²) in [6.07, 6.45) is 2.44. The van der Waals surface area contributed by atoms with Crippen LogP contribution in [0, 0.1) is 0 Å². The molecule has 0 atom stereocenters. The molecule has 0 spiro atoms. The number of hydrogen-bond donors (Lipinski definition) is 2. The van der Waals surface area contributed by atoms with E-state index in [4.69, 9.17) is 14.8 Å². The summed E-state index contributed by atoms with van der Waals surface area (Å²) in [6.45, 7) is 3.85. The van der Waals surface area contributed by atoms with E-state index < -0.39 is 7.12 Å². The van der Waals surface area contributed by atoms with Crippen molar-refractivity contribution in [1.29, 1.82) is 0 Å². The smallest absolute Gasteiger partial charge is 0.488 e. The molecule has 1 aromatic carbocycles. The zero-order valence-corrected chi connectivity index (χ0v) is 12.9. The molecule has 1 aliphatic rings. The summed E-state index contributed by atoms with van der Waals surface area (Å²) in [5.74, 6) is 0.766. The molecule has 0 radical (unpaired) electrons. The highest BCUT2D eigenvalue weighted by Crippen LogP contribution is 2.14. The molecule has 1 heterocycles. The van der Waals surface area contributed by atoms with Crippen LogP contribution in [0.2, 0.25) is 0 Å². The zero-order valence-electron chi connectivity index (χ0n) is 12.9. The second-order valence-corrected chi connectivity index (χ2v) is 5.83. The maximum absolute atomic E-state index is 9.03. The molecule has 21 heavy (non-hydrogen) atoms. The van der Waals surface area contributed by atoms with E-state index in [1.807, 2.05) is 0 Å². The van der Waals surface area contributed by atoms with E-state index in [0.29, 0.717) is 18.1 Å². The van der Waals surface area contributed by atoms with Gasteiger partial charge in [0.05, 0.1) is 0 Å². The fraction of sp³-hybridized carbons (Fsp3) is 0.600. The molecule has 5 nitrogen and oxygen atoms in total. The van der Waals surface area contributed by atoms with Crippen LogP contribution in [0.5, 0.6) is 5.75 Å². The fourth-order valence-electron chi connectivity index (χ4n) is 2.69. The maximum Gasteiger partial charge on any atom is 0.488 e.